The molecule has 0 aromatic heterocycles. The zero-order valence-electron chi connectivity index (χ0n) is 11.3. The lowest BCUT2D eigenvalue weighted by Crippen LogP contribution is -2.13. The summed E-state index contributed by atoms with van der Waals surface area (Å²) in [6.07, 6.45) is 0. The van der Waals surface area contributed by atoms with Crippen LogP contribution in [0.3, 0.4) is 0 Å². The maximum atomic E-state index is 11.9. The van der Waals surface area contributed by atoms with Crippen molar-refractivity contribution in [2.45, 2.75) is 19.8 Å². The lowest BCUT2D eigenvalue weighted by molar-refractivity contribution is -0.144. The van der Waals surface area contributed by atoms with E-state index >= 15 is 0 Å². The van der Waals surface area contributed by atoms with Crippen LogP contribution in [0.4, 0.5) is 0 Å². The van der Waals surface area contributed by atoms with Crippen molar-refractivity contribution < 1.29 is 9.53 Å². The molecule has 2 aromatic rings. The number of benzene rings is 2. The molecule has 2 heteroatoms. The number of ether oxygens (including phenoxy) is 1. The molecule has 0 aliphatic heterocycles. The molecular weight excluding hydrogens is 236 g/mol. The van der Waals surface area contributed by atoms with Crippen molar-refractivity contribution in [1.29, 1.82) is 0 Å². The molecule has 19 heavy (non-hydrogen) atoms. The first-order valence-corrected chi connectivity index (χ1v) is 6.55. The van der Waals surface area contributed by atoms with Gasteiger partial charge >= 0.3 is 5.97 Å². The molecule has 0 aliphatic carbocycles. The normalized spacial score (nSPS) is 11.9. The number of rotatable bonds is 4. The third kappa shape index (κ3) is 3.02. The van der Waals surface area contributed by atoms with E-state index in [1.165, 1.54) is 0 Å². The number of carbonyl (C=O) groups is 1. The van der Waals surface area contributed by atoms with Gasteiger partial charge in [-0.2, -0.15) is 0 Å². The SMILES string of the molecule is CCOC(=O)C(C)c1ccccc1-c1ccccc1. The maximum absolute atomic E-state index is 11.9. The molecule has 1 unspecified atom stereocenters. The second-order valence-electron chi connectivity index (χ2n) is 4.43. The molecular formula is C17H18O2. The maximum Gasteiger partial charge on any atom is 0.313 e. The van der Waals surface area contributed by atoms with Crippen LogP contribution in [-0.4, -0.2) is 12.6 Å². The van der Waals surface area contributed by atoms with E-state index in [9.17, 15) is 4.79 Å². The molecule has 2 nitrogen and oxygen atoms in total. The van der Waals surface area contributed by atoms with Crippen molar-refractivity contribution in [2.24, 2.45) is 0 Å². The van der Waals surface area contributed by atoms with Gasteiger partial charge in [0.2, 0.25) is 0 Å². The van der Waals surface area contributed by atoms with Crippen LogP contribution in [0.5, 0.6) is 0 Å². The van der Waals surface area contributed by atoms with Crippen LogP contribution in [-0.2, 0) is 9.53 Å². The Labute approximate surface area is 114 Å². The second kappa shape index (κ2) is 6.19. The molecule has 1 atom stereocenters. The topological polar surface area (TPSA) is 26.3 Å². The molecule has 0 radical (unpaired) electrons. The second-order valence-corrected chi connectivity index (χ2v) is 4.43. The fourth-order valence-corrected chi connectivity index (χ4v) is 2.15. The van der Waals surface area contributed by atoms with Gasteiger partial charge in [-0.15, -0.1) is 0 Å². The minimum Gasteiger partial charge on any atom is -0.466 e. The van der Waals surface area contributed by atoms with E-state index < -0.39 is 0 Å². The van der Waals surface area contributed by atoms with Crippen LogP contribution >= 0.6 is 0 Å². The van der Waals surface area contributed by atoms with Gasteiger partial charge in [-0.1, -0.05) is 54.6 Å². The first-order valence-electron chi connectivity index (χ1n) is 6.55. The third-order valence-electron chi connectivity index (χ3n) is 3.15. The van der Waals surface area contributed by atoms with Crippen LogP contribution in [0, 0.1) is 0 Å². The Morgan fingerprint density at radius 1 is 1.05 bits per heavy atom. The van der Waals surface area contributed by atoms with Gasteiger partial charge in [-0.3, -0.25) is 4.79 Å². The molecule has 0 saturated carbocycles. The average molecular weight is 254 g/mol. The zero-order valence-corrected chi connectivity index (χ0v) is 11.3. The van der Waals surface area contributed by atoms with E-state index in [0.29, 0.717) is 6.61 Å². The standard InChI is InChI=1S/C17H18O2/c1-3-19-17(18)13(2)15-11-7-8-12-16(15)14-9-5-4-6-10-14/h4-13H,3H2,1-2H3. The summed E-state index contributed by atoms with van der Waals surface area (Å²) in [5.41, 5.74) is 3.21. The molecule has 0 saturated heterocycles. The highest BCUT2D eigenvalue weighted by Gasteiger charge is 2.19. The quantitative estimate of drug-likeness (QED) is 0.770. The van der Waals surface area contributed by atoms with E-state index in [1.807, 2.05) is 56.3 Å². The Bertz CT molecular complexity index is 546. The third-order valence-corrected chi connectivity index (χ3v) is 3.15. The van der Waals surface area contributed by atoms with Crippen LogP contribution in [0.1, 0.15) is 25.3 Å². The summed E-state index contributed by atoms with van der Waals surface area (Å²) in [6.45, 7) is 4.13. The number of hydrogen-bond acceptors (Lipinski definition) is 2. The first kappa shape index (κ1) is 13.3. The largest absolute Gasteiger partial charge is 0.466 e. The van der Waals surface area contributed by atoms with Crippen LogP contribution in [0.15, 0.2) is 54.6 Å². The van der Waals surface area contributed by atoms with Gasteiger partial charge in [0.25, 0.3) is 0 Å². The number of hydrogen-bond donors (Lipinski definition) is 0. The lowest BCUT2D eigenvalue weighted by atomic mass is 9.92. The molecule has 2 rings (SSSR count). The number of esters is 1. The highest BCUT2D eigenvalue weighted by Crippen LogP contribution is 2.29. The van der Waals surface area contributed by atoms with Gasteiger partial charge in [-0.05, 0) is 30.5 Å². The molecule has 0 fully saturated rings. The molecule has 0 N–H and O–H groups in total. The molecule has 0 amide bonds. The molecule has 2 aromatic carbocycles. The van der Waals surface area contributed by atoms with E-state index in [2.05, 4.69) is 12.1 Å². The van der Waals surface area contributed by atoms with Crippen molar-refractivity contribution in [1.82, 2.24) is 0 Å². The van der Waals surface area contributed by atoms with Gasteiger partial charge in [0.05, 0.1) is 12.5 Å². The van der Waals surface area contributed by atoms with Gasteiger partial charge in [0, 0.05) is 0 Å². The summed E-state index contributed by atoms with van der Waals surface area (Å²) in [5.74, 6) is -0.428. The summed E-state index contributed by atoms with van der Waals surface area (Å²) in [6, 6.07) is 18.1. The molecule has 0 bridgehead atoms. The minimum absolute atomic E-state index is 0.175. The van der Waals surface area contributed by atoms with E-state index in [-0.39, 0.29) is 11.9 Å². The van der Waals surface area contributed by atoms with Crippen LogP contribution in [0.25, 0.3) is 11.1 Å². The molecule has 0 heterocycles. The monoisotopic (exact) mass is 254 g/mol. The van der Waals surface area contributed by atoms with E-state index in [1.54, 1.807) is 0 Å². The van der Waals surface area contributed by atoms with Crippen LogP contribution < -0.4 is 0 Å². The van der Waals surface area contributed by atoms with Crippen molar-refractivity contribution in [3.8, 4) is 11.1 Å². The highest BCUT2D eigenvalue weighted by atomic mass is 16.5. The molecule has 0 aliphatic rings. The summed E-state index contributed by atoms with van der Waals surface area (Å²) in [7, 11) is 0. The highest BCUT2D eigenvalue weighted by molar-refractivity contribution is 5.82. The van der Waals surface area contributed by atoms with Gasteiger partial charge in [-0.25, -0.2) is 0 Å². The zero-order chi connectivity index (χ0) is 13.7. The fraction of sp³-hybridized carbons (Fsp3) is 0.235. The molecule has 0 spiro atoms. The summed E-state index contributed by atoms with van der Waals surface area (Å²) >= 11 is 0. The Balaban J connectivity index is 2.39. The Morgan fingerprint density at radius 2 is 1.68 bits per heavy atom. The van der Waals surface area contributed by atoms with Gasteiger partial charge < -0.3 is 4.74 Å². The Hall–Kier alpha value is -2.09. The predicted octanol–water partition coefficient (Wildman–Crippen LogP) is 4.02. The van der Waals surface area contributed by atoms with Gasteiger partial charge in [0.1, 0.15) is 0 Å². The smallest absolute Gasteiger partial charge is 0.313 e. The molecule has 98 valence electrons. The summed E-state index contributed by atoms with van der Waals surface area (Å²) < 4.78 is 5.11. The van der Waals surface area contributed by atoms with Crippen molar-refractivity contribution in [3.05, 3.63) is 60.2 Å². The average Bonchev–Trinajstić information content (AvgIpc) is 2.47. The predicted molar refractivity (Wildman–Crippen MR) is 76.9 cm³/mol. The minimum atomic E-state index is -0.253. The van der Waals surface area contributed by atoms with Crippen LogP contribution in [0.2, 0.25) is 0 Å². The summed E-state index contributed by atoms with van der Waals surface area (Å²) in [4.78, 5) is 11.9. The number of carbonyl (C=O) groups excluding carboxylic acids is 1. The Morgan fingerprint density at radius 3 is 2.37 bits per heavy atom. The van der Waals surface area contributed by atoms with E-state index in [4.69, 9.17) is 4.74 Å². The van der Waals surface area contributed by atoms with Crippen molar-refractivity contribution >= 4 is 5.97 Å². The summed E-state index contributed by atoms with van der Waals surface area (Å²) in [5, 5.41) is 0. The van der Waals surface area contributed by atoms with Crippen molar-refractivity contribution in [3.63, 3.8) is 0 Å². The fourth-order valence-electron chi connectivity index (χ4n) is 2.15. The Kier molecular flexibility index (Phi) is 4.35. The van der Waals surface area contributed by atoms with E-state index in [0.717, 1.165) is 16.7 Å². The van der Waals surface area contributed by atoms with Crippen molar-refractivity contribution in [2.75, 3.05) is 6.61 Å². The first-order chi connectivity index (χ1) is 9.24. The lowest BCUT2D eigenvalue weighted by Gasteiger charge is -2.15. The van der Waals surface area contributed by atoms with Gasteiger partial charge in [0.15, 0.2) is 0 Å².